The average molecular weight is 439 g/mol. The van der Waals surface area contributed by atoms with Crippen LogP contribution in [0.3, 0.4) is 0 Å². The maximum atomic E-state index is 13.4. The van der Waals surface area contributed by atoms with Crippen LogP contribution in [0.25, 0.3) is 0 Å². The number of carbonyl (C=O) groups excluding carboxylic acids is 2. The van der Waals surface area contributed by atoms with Gasteiger partial charge in [0.15, 0.2) is 5.82 Å². The number of amides is 2. The summed E-state index contributed by atoms with van der Waals surface area (Å²) in [5, 5.41) is 0. The lowest BCUT2D eigenvalue weighted by Gasteiger charge is -2.36. The second kappa shape index (κ2) is 8.72. The van der Waals surface area contributed by atoms with Crippen LogP contribution < -0.4 is 10.5 Å². The van der Waals surface area contributed by atoms with Gasteiger partial charge in [-0.25, -0.2) is 9.97 Å². The summed E-state index contributed by atoms with van der Waals surface area (Å²) < 4.78 is 1.42. The van der Waals surface area contributed by atoms with Crippen molar-refractivity contribution in [2.45, 2.75) is 45.2 Å². The molecule has 4 rings (SSSR count). The zero-order valence-electron chi connectivity index (χ0n) is 19.2. The molecule has 9 heteroatoms. The second-order valence-electron chi connectivity index (χ2n) is 8.79. The van der Waals surface area contributed by atoms with Gasteiger partial charge in [-0.3, -0.25) is 14.4 Å². The van der Waals surface area contributed by atoms with Crippen LogP contribution in [-0.2, 0) is 24.8 Å². The number of piperidine rings is 1. The van der Waals surface area contributed by atoms with Crippen LogP contribution in [0.15, 0.2) is 23.1 Å². The van der Waals surface area contributed by atoms with Gasteiger partial charge in [0.05, 0.1) is 23.8 Å². The van der Waals surface area contributed by atoms with Crippen molar-refractivity contribution in [3.63, 3.8) is 0 Å². The molecule has 0 N–H and O–H groups in total. The van der Waals surface area contributed by atoms with Crippen LogP contribution in [0.4, 0.5) is 5.82 Å². The fourth-order valence-electron chi connectivity index (χ4n) is 4.53. The molecule has 1 unspecified atom stereocenters. The van der Waals surface area contributed by atoms with Crippen molar-refractivity contribution < 1.29 is 9.59 Å². The Balaban J connectivity index is 1.71. The summed E-state index contributed by atoms with van der Waals surface area (Å²) in [7, 11) is 5.52. The SMILES string of the molecule is CC(=O)N1CCc2nc(C3CCCCN3C(=O)c3ccc(=O)n(C)c3)nc(N(C)C)c2C1. The predicted octanol–water partition coefficient (Wildman–Crippen LogP) is 1.51. The molecule has 2 aliphatic rings. The molecule has 170 valence electrons. The summed E-state index contributed by atoms with van der Waals surface area (Å²) in [5.41, 5.74) is 2.27. The Hall–Kier alpha value is -3.23. The molecule has 9 nitrogen and oxygen atoms in total. The first kappa shape index (κ1) is 22.0. The Morgan fingerprint density at radius 2 is 1.91 bits per heavy atom. The van der Waals surface area contributed by atoms with E-state index in [9.17, 15) is 14.4 Å². The average Bonchev–Trinajstić information content (AvgIpc) is 2.79. The summed E-state index contributed by atoms with van der Waals surface area (Å²) in [6.45, 7) is 3.35. The van der Waals surface area contributed by atoms with Crippen LogP contribution in [0.1, 0.15) is 59.7 Å². The van der Waals surface area contributed by atoms with E-state index in [0.717, 1.165) is 36.3 Å². The third-order valence-electron chi connectivity index (χ3n) is 6.32. The van der Waals surface area contributed by atoms with E-state index >= 15 is 0 Å². The highest BCUT2D eigenvalue weighted by molar-refractivity contribution is 5.94. The normalized spacial score (nSPS) is 18.3. The fourth-order valence-corrected chi connectivity index (χ4v) is 4.53. The van der Waals surface area contributed by atoms with Crippen molar-refractivity contribution in [2.24, 2.45) is 7.05 Å². The van der Waals surface area contributed by atoms with E-state index in [2.05, 4.69) is 0 Å². The van der Waals surface area contributed by atoms with Crippen molar-refractivity contribution >= 4 is 17.6 Å². The van der Waals surface area contributed by atoms with E-state index in [0.29, 0.717) is 37.4 Å². The molecular weight excluding hydrogens is 408 g/mol. The minimum atomic E-state index is -0.219. The molecule has 4 heterocycles. The second-order valence-corrected chi connectivity index (χ2v) is 8.79. The van der Waals surface area contributed by atoms with E-state index in [1.165, 1.54) is 10.6 Å². The van der Waals surface area contributed by atoms with Gasteiger partial charge in [-0.2, -0.15) is 0 Å². The number of fused-ring (bicyclic) bond motifs is 1. The van der Waals surface area contributed by atoms with E-state index in [-0.39, 0.29) is 23.4 Å². The Morgan fingerprint density at radius 1 is 1.12 bits per heavy atom. The molecule has 2 amide bonds. The minimum absolute atomic E-state index is 0.0470. The number of hydrogen-bond donors (Lipinski definition) is 0. The van der Waals surface area contributed by atoms with Gasteiger partial charge in [0.25, 0.3) is 5.91 Å². The molecule has 0 bridgehead atoms. The highest BCUT2D eigenvalue weighted by Crippen LogP contribution is 2.34. The first-order valence-corrected chi connectivity index (χ1v) is 11.1. The van der Waals surface area contributed by atoms with Crippen molar-refractivity contribution in [3.8, 4) is 0 Å². The van der Waals surface area contributed by atoms with Crippen LogP contribution in [0.5, 0.6) is 0 Å². The number of nitrogens with zero attached hydrogens (tertiary/aromatic N) is 6. The monoisotopic (exact) mass is 438 g/mol. The van der Waals surface area contributed by atoms with E-state index in [4.69, 9.17) is 9.97 Å². The first-order chi connectivity index (χ1) is 15.3. The van der Waals surface area contributed by atoms with Crippen LogP contribution in [-0.4, -0.2) is 63.3 Å². The fraction of sp³-hybridized carbons (Fsp3) is 0.522. The summed E-state index contributed by atoms with van der Waals surface area (Å²) in [6, 6.07) is 2.79. The largest absolute Gasteiger partial charge is 0.362 e. The molecule has 0 radical (unpaired) electrons. The standard InChI is InChI=1S/C23H30N6O3/c1-15(30)28-12-10-18-17(14-28)22(26(2)3)25-21(24-18)19-7-5-6-11-29(19)23(32)16-8-9-20(31)27(4)13-16/h8-9,13,19H,5-7,10-12,14H2,1-4H3. The molecule has 2 aromatic heterocycles. The van der Waals surface area contributed by atoms with E-state index in [1.807, 2.05) is 28.8 Å². The van der Waals surface area contributed by atoms with E-state index in [1.54, 1.807) is 26.2 Å². The Morgan fingerprint density at radius 3 is 2.59 bits per heavy atom. The van der Waals surface area contributed by atoms with Crippen LogP contribution >= 0.6 is 0 Å². The van der Waals surface area contributed by atoms with Gasteiger partial charge in [-0.1, -0.05) is 0 Å². The zero-order chi connectivity index (χ0) is 23.0. The zero-order valence-corrected chi connectivity index (χ0v) is 19.2. The summed E-state index contributed by atoms with van der Waals surface area (Å²) >= 11 is 0. The number of rotatable bonds is 3. The van der Waals surface area contributed by atoms with Crippen molar-refractivity contribution in [1.82, 2.24) is 24.3 Å². The first-order valence-electron chi connectivity index (χ1n) is 11.1. The number of likely N-dealkylation sites (tertiary alicyclic amines) is 1. The molecule has 2 aromatic rings. The van der Waals surface area contributed by atoms with Gasteiger partial charge in [0.1, 0.15) is 5.82 Å². The number of hydrogen-bond acceptors (Lipinski definition) is 6. The topological polar surface area (TPSA) is 91.6 Å². The maximum absolute atomic E-state index is 13.4. The van der Waals surface area contributed by atoms with Crippen molar-refractivity contribution in [3.05, 3.63) is 51.3 Å². The Bertz CT molecular complexity index is 1110. The van der Waals surface area contributed by atoms with Gasteiger partial charge >= 0.3 is 0 Å². The highest BCUT2D eigenvalue weighted by Gasteiger charge is 2.33. The van der Waals surface area contributed by atoms with E-state index < -0.39 is 0 Å². The molecule has 0 saturated carbocycles. The predicted molar refractivity (Wildman–Crippen MR) is 120 cm³/mol. The summed E-state index contributed by atoms with van der Waals surface area (Å²) in [4.78, 5) is 52.4. The molecule has 1 atom stereocenters. The van der Waals surface area contributed by atoms with Crippen LogP contribution in [0, 0.1) is 0 Å². The van der Waals surface area contributed by atoms with Gasteiger partial charge in [-0.15, -0.1) is 0 Å². The smallest absolute Gasteiger partial charge is 0.255 e. The lowest BCUT2D eigenvalue weighted by Crippen LogP contribution is -2.41. The lowest BCUT2D eigenvalue weighted by molar-refractivity contribution is -0.129. The molecule has 0 aromatic carbocycles. The lowest BCUT2D eigenvalue weighted by atomic mass is 9.99. The number of carbonyl (C=O) groups is 2. The van der Waals surface area contributed by atoms with Crippen LogP contribution in [0.2, 0.25) is 0 Å². The number of aromatic nitrogens is 3. The van der Waals surface area contributed by atoms with Gasteiger partial charge in [-0.05, 0) is 25.3 Å². The molecule has 0 aliphatic carbocycles. The molecule has 2 aliphatic heterocycles. The Labute approximate surface area is 187 Å². The molecular formula is C23H30N6O3. The molecule has 1 saturated heterocycles. The highest BCUT2D eigenvalue weighted by atomic mass is 16.2. The number of pyridine rings is 1. The van der Waals surface area contributed by atoms with Crippen molar-refractivity contribution in [2.75, 3.05) is 32.1 Å². The minimum Gasteiger partial charge on any atom is -0.362 e. The van der Waals surface area contributed by atoms with Gasteiger partial charge < -0.3 is 19.3 Å². The number of anilines is 1. The third-order valence-corrected chi connectivity index (χ3v) is 6.32. The van der Waals surface area contributed by atoms with Gasteiger partial charge in [0, 0.05) is 65.4 Å². The maximum Gasteiger partial charge on any atom is 0.255 e. The van der Waals surface area contributed by atoms with Crippen molar-refractivity contribution in [1.29, 1.82) is 0 Å². The number of aryl methyl sites for hydroxylation is 1. The molecule has 0 spiro atoms. The quantitative estimate of drug-likeness (QED) is 0.722. The third kappa shape index (κ3) is 4.11. The van der Waals surface area contributed by atoms with Gasteiger partial charge in [0.2, 0.25) is 11.5 Å². The summed E-state index contributed by atoms with van der Waals surface area (Å²) in [6.07, 6.45) is 4.98. The molecule has 1 fully saturated rings. The molecule has 32 heavy (non-hydrogen) atoms. The summed E-state index contributed by atoms with van der Waals surface area (Å²) in [5.74, 6) is 1.39. The Kier molecular flexibility index (Phi) is 5.99.